The Bertz CT molecular complexity index is 775. The number of aromatic nitrogens is 2. The summed E-state index contributed by atoms with van der Waals surface area (Å²) in [5.41, 5.74) is 3.77. The van der Waals surface area contributed by atoms with Gasteiger partial charge in [-0.25, -0.2) is 9.78 Å². The normalized spacial score (nSPS) is 10.8. The van der Waals surface area contributed by atoms with Crippen LogP contribution in [0.25, 0.3) is 22.2 Å². The minimum absolute atomic E-state index is 0.304. The van der Waals surface area contributed by atoms with E-state index >= 15 is 0 Å². The van der Waals surface area contributed by atoms with Crippen molar-refractivity contribution < 1.29 is 9.90 Å². The SMILES string of the molecule is Cn1cnc2cc(-c3ccccc3C(=O)O)ccc21. The van der Waals surface area contributed by atoms with Crippen molar-refractivity contribution in [1.29, 1.82) is 0 Å². The first-order chi connectivity index (χ1) is 9.16. The van der Waals surface area contributed by atoms with Gasteiger partial charge in [0, 0.05) is 7.05 Å². The van der Waals surface area contributed by atoms with Gasteiger partial charge in [-0.05, 0) is 29.3 Å². The van der Waals surface area contributed by atoms with E-state index in [4.69, 9.17) is 0 Å². The summed E-state index contributed by atoms with van der Waals surface area (Å²) in [6.45, 7) is 0. The van der Waals surface area contributed by atoms with Crippen molar-refractivity contribution in [3.05, 3.63) is 54.4 Å². The number of hydrogen-bond donors (Lipinski definition) is 1. The van der Waals surface area contributed by atoms with Crippen LogP contribution >= 0.6 is 0 Å². The van der Waals surface area contributed by atoms with Crippen LogP contribution in [0.2, 0.25) is 0 Å². The molecule has 0 aliphatic heterocycles. The predicted octanol–water partition coefficient (Wildman–Crippen LogP) is 2.94. The van der Waals surface area contributed by atoms with Crippen molar-refractivity contribution >= 4 is 17.0 Å². The zero-order valence-corrected chi connectivity index (χ0v) is 10.4. The van der Waals surface area contributed by atoms with E-state index in [1.54, 1.807) is 18.5 Å². The van der Waals surface area contributed by atoms with Gasteiger partial charge in [0.15, 0.2) is 0 Å². The van der Waals surface area contributed by atoms with Crippen LogP contribution in [0.4, 0.5) is 0 Å². The molecule has 1 heterocycles. The number of benzene rings is 2. The number of rotatable bonds is 2. The number of aryl methyl sites for hydroxylation is 1. The standard InChI is InChI=1S/C15H12N2O2/c1-17-9-16-13-8-10(6-7-14(13)17)11-4-2-3-5-12(11)15(18)19/h2-9H,1H3,(H,18,19). The quantitative estimate of drug-likeness (QED) is 0.763. The number of imidazole rings is 1. The summed E-state index contributed by atoms with van der Waals surface area (Å²) in [5.74, 6) is -0.920. The van der Waals surface area contributed by atoms with Gasteiger partial charge in [-0.2, -0.15) is 0 Å². The highest BCUT2D eigenvalue weighted by Gasteiger charge is 2.11. The van der Waals surface area contributed by atoms with E-state index in [-0.39, 0.29) is 0 Å². The number of carboxylic acids is 1. The molecule has 19 heavy (non-hydrogen) atoms. The number of fused-ring (bicyclic) bond motifs is 1. The Morgan fingerprint density at radius 3 is 2.79 bits per heavy atom. The molecule has 0 unspecified atom stereocenters. The summed E-state index contributed by atoms with van der Waals surface area (Å²) >= 11 is 0. The zero-order valence-electron chi connectivity index (χ0n) is 10.4. The van der Waals surface area contributed by atoms with Gasteiger partial charge in [0.05, 0.1) is 22.9 Å². The highest BCUT2D eigenvalue weighted by molar-refractivity contribution is 5.97. The van der Waals surface area contributed by atoms with Crippen molar-refractivity contribution in [2.24, 2.45) is 7.05 Å². The van der Waals surface area contributed by atoms with Crippen LogP contribution in [0.5, 0.6) is 0 Å². The third-order valence-electron chi connectivity index (χ3n) is 3.19. The van der Waals surface area contributed by atoms with Gasteiger partial charge in [0.2, 0.25) is 0 Å². The summed E-state index contributed by atoms with van der Waals surface area (Å²) in [5, 5.41) is 9.22. The highest BCUT2D eigenvalue weighted by Crippen LogP contribution is 2.26. The molecule has 4 nitrogen and oxygen atoms in total. The first-order valence-corrected chi connectivity index (χ1v) is 5.90. The molecule has 0 amide bonds. The van der Waals surface area contributed by atoms with E-state index in [9.17, 15) is 9.90 Å². The van der Waals surface area contributed by atoms with E-state index in [2.05, 4.69) is 4.98 Å². The monoisotopic (exact) mass is 252 g/mol. The lowest BCUT2D eigenvalue weighted by Gasteiger charge is -2.06. The molecule has 0 bridgehead atoms. The number of carbonyl (C=O) groups is 1. The summed E-state index contributed by atoms with van der Waals surface area (Å²) < 4.78 is 1.93. The average molecular weight is 252 g/mol. The molecule has 0 aliphatic rings. The van der Waals surface area contributed by atoms with Gasteiger partial charge in [-0.1, -0.05) is 24.3 Å². The molecule has 1 N–H and O–H groups in total. The third-order valence-corrected chi connectivity index (χ3v) is 3.19. The van der Waals surface area contributed by atoms with Crippen LogP contribution in [-0.4, -0.2) is 20.6 Å². The van der Waals surface area contributed by atoms with Gasteiger partial charge >= 0.3 is 5.97 Å². The smallest absolute Gasteiger partial charge is 0.336 e. The molecule has 3 aromatic rings. The van der Waals surface area contributed by atoms with Crippen LogP contribution in [0.3, 0.4) is 0 Å². The number of hydrogen-bond acceptors (Lipinski definition) is 2. The van der Waals surface area contributed by atoms with Gasteiger partial charge in [-0.3, -0.25) is 0 Å². The van der Waals surface area contributed by atoms with Crippen molar-refractivity contribution in [3.8, 4) is 11.1 Å². The maximum Gasteiger partial charge on any atom is 0.336 e. The summed E-state index contributed by atoms with van der Waals surface area (Å²) in [6.07, 6.45) is 1.75. The minimum Gasteiger partial charge on any atom is -0.478 e. The van der Waals surface area contributed by atoms with E-state index in [0.29, 0.717) is 11.1 Å². The Morgan fingerprint density at radius 1 is 1.21 bits per heavy atom. The lowest BCUT2D eigenvalue weighted by Crippen LogP contribution is -1.98. The summed E-state index contributed by atoms with van der Waals surface area (Å²) in [6, 6.07) is 12.8. The molecule has 0 fully saturated rings. The van der Waals surface area contributed by atoms with Crippen molar-refractivity contribution in [1.82, 2.24) is 9.55 Å². The Labute approximate surface area is 109 Å². The summed E-state index contributed by atoms with van der Waals surface area (Å²) in [7, 11) is 1.93. The molecule has 3 rings (SSSR count). The number of aromatic carboxylic acids is 1. The summed E-state index contributed by atoms with van der Waals surface area (Å²) in [4.78, 5) is 15.5. The fourth-order valence-electron chi connectivity index (χ4n) is 2.22. The lowest BCUT2D eigenvalue weighted by atomic mass is 9.99. The highest BCUT2D eigenvalue weighted by atomic mass is 16.4. The first-order valence-electron chi connectivity index (χ1n) is 5.90. The molecule has 0 spiro atoms. The third kappa shape index (κ3) is 1.87. The maximum absolute atomic E-state index is 11.2. The molecule has 0 saturated carbocycles. The molecular weight excluding hydrogens is 240 g/mol. The van der Waals surface area contributed by atoms with Gasteiger partial charge in [0.25, 0.3) is 0 Å². The Balaban J connectivity index is 2.22. The molecule has 0 atom stereocenters. The Kier molecular flexibility index (Phi) is 2.56. The molecule has 0 radical (unpaired) electrons. The molecule has 0 saturated heterocycles. The first kappa shape index (κ1) is 11.5. The largest absolute Gasteiger partial charge is 0.478 e. The predicted molar refractivity (Wildman–Crippen MR) is 73.1 cm³/mol. The maximum atomic E-state index is 11.2. The second-order valence-electron chi connectivity index (χ2n) is 4.41. The molecule has 1 aromatic heterocycles. The molecule has 4 heteroatoms. The van der Waals surface area contributed by atoms with Crippen molar-refractivity contribution in [3.63, 3.8) is 0 Å². The molecule has 0 aliphatic carbocycles. The zero-order chi connectivity index (χ0) is 13.4. The van der Waals surface area contributed by atoms with Crippen LogP contribution in [0.15, 0.2) is 48.8 Å². The van der Waals surface area contributed by atoms with Crippen LogP contribution in [0, 0.1) is 0 Å². The van der Waals surface area contributed by atoms with Gasteiger partial charge < -0.3 is 9.67 Å². The van der Waals surface area contributed by atoms with E-state index in [0.717, 1.165) is 16.6 Å². The number of nitrogens with zero attached hydrogens (tertiary/aromatic N) is 2. The van der Waals surface area contributed by atoms with Gasteiger partial charge in [0.1, 0.15) is 0 Å². The second kappa shape index (κ2) is 4.24. The topological polar surface area (TPSA) is 55.1 Å². The molecule has 2 aromatic carbocycles. The Morgan fingerprint density at radius 2 is 2.00 bits per heavy atom. The Hall–Kier alpha value is -2.62. The second-order valence-corrected chi connectivity index (χ2v) is 4.41. The molecule has 94 valence electrons. The minimum atomic E-state index is -0.920. The van der Waals surface area contributed by atoms with Crippen LogP contribution < -0.4 is 0 Å². The van der Waals surface area contributed by atoms with Crippen molar-refractivity contribution in [2.45, 2.75) is 0 Å². The molecular formula is C15H12N2O2. The van der Waals surface area contributed by atoms with Gasteiger partial charge in [-0.15, -0.1) is 0 Å². The lowest BCUT2D eigenvalue weighted by molar-refractivity contribution is 0.0697. The van der Waals surface area contributed by atoms with Crippen LogP contribution in [0.1, 0.15) is 10.4 Å². The van der Waals surface area contributed by atoms with Crippen LogP contribution in [-0.2, 0) is 7.05 Å². The van der Waals surface area contributed by atoms with E-state index in [1.807, 2.05) is 41.9 Å². The average Bonchev–Trinajstić information content (AvgIpc) is 2.80. The van der Waals surface area contributed by atoms with E-state index < -0.39 is 5.97 Å². The van der Waals surface area contributed by atoms with Crippen molar-refractivity contribution in [2.75, 3.05) is 0 Å². The van der Waals surface area contributed by atoms with E-state index in [1.165, 1.54) is 0 Å². The fourth-order valence-corrected chi connectivity index (χ4v) is 2.22. The fraction of sp³-hybridized carbons (Fsp3) is 0.0667. The number of carboxylic acid groups (broad SMARTS) is 1.